The molecule has 0 aromatic heterocycles. The van der Waals surface area contributed by atoms with E-state index >= 15 is 0 Å². The van der Waals surface area contributed by atoms with Gasteiger partial charge in [0.15, 0.2) is 5.96 Å². The van der Waals surface area contributed by atoms with Gasteiger partial charge < -0.3 is 43.4 Å². The van der Waals surface area contributed by atoms with Gasteiger partial charge in [-0.25, -0.2) is 4.79 Å². The lowest BCUT2D eigenvalue weighted by Gasteiger charge is -2.26. The van der Waals surface area contributed by atoms with Crippen LogP contribution in [-0.4, -0.2) is 70.6 Å². The van der Waals surface area contributed by atoms with Gasteiger partial charge >= 0.3 is 5.97 Å². The van der Waals surface area contributed by atoms with Gasteiger partial charge in [0.05, 0.1) is 6.04 Å². The lowest BCUT2D eigenvalue weighted by molar-refractivity contribution is -0.143. The molecule has 13 heteroatoms. The van der Waals surface area contributed by atoms with E-state index < -0.39 is 53.8 Å². The van der Waals surface area contributed by atoms with E-state index in [1.54, 1.807) is 56.3 Å². The van der Waals surface area contributed by atoms with Gasteiger partial charge in [-0.15, -0.1) is 0 Å². The van der Waals surface area contributed by atoms with Crippen LogP contribution in [0.15, 0.2) is 59.6 Å². The SMILES string of the molecule is CC(C)C(NC(=O)C(Cc1ccccc1)NC(=O)C(CCCN=C(N)N)NC(=O)C(N)Cc1ccc(O)cc1)C(=O)O. The Morgan fingerprint density at radius 2 is 1.38 bits per heavy atom. The molecule has 3 amide bonds. The van der Waals surface area contributed by atoms with Crippen LogP contribution < -0.4 is 33.2 Å². The van der Waals surface area contributed by atoms with Crippen LogP contribution in [0.4, 0.5) is 0 Å². The second-order valence-electron chi connectivity index (χ2n) is 10.3. The van der Waals surface area contributed by atoms with Crippen molar-refractivity contribution >= 4 is 29.7 Å². The first-order valence-corrected chi connectivity index (χ1v) is 13.6. The zero-order chi connectivity index (χ0) is 31.2. The number of phenolic OH excluding ortho intramolecular Hbond substituents is 1. The molecule has 0 bridgehead atoms. The number of hydrogen-bond donors (Lipinski definition) is 8. The van der Waals surface area contributed by atoms with Crippen LogP contribution in [-0.2, 0) is 32.0 Å². The molecule has 42 heavy (non-hydrogen) atoms. The molecule has 11 N–H and O–H groups in total. The maximum atomic E-state index is 13.5. The third kappa shape index (κ3) is 11.5. The van der Waals surface area contributed by atoms with Gasteiger partial charge in [0.1, 0.15) is 23.9 Å². The van der Waals surface area contributed by atoms with Crippen LogP contribution in [0.2, 0.25) is 0 Å². The molecule has 0 radical (unpaired) electrons. The largest absolute Gasteiger partial charge is 0.508 e. The number of aliphatic carboxylic acids is 1. The number of amides is 3. The van der Waals surface area contributed by atoms with E-state index in [0.717, 1.165) is 5.56 Å². The second-order valence-corrected chi connectivity index (χ2v) is 10.3. The number of carboxylic acids is 1. The summed E-state index contributed by atoms with van der Waals surface area (Å²) >= 11 is 0. The van der Waals surface area contributed by atoms with E-state index in [1.165, 1.54) is 12.1 Å². The molecule has 0 saturated carbocycles. The fourth-order valence-electron chi connectivity index (χ4n) is 4.13. The van der Waals surface area contributed by atoms with Gasteiger partial charge in [0, 0.05) is 13.0 Å². The zero-order valence-electron chi connectivity index (χ0n) is 23.8. The lowest BCUT2D eigenvalue weighted by atomic mass is 10.0. The molecular formula is C29H41N7O6. The summed E-state index contributed by atoms with van der Waals surface area (Å²) in [4.78, 5) is 55.4. The zero-order valence-corrected chi connectivity index (χ0v) is 23.8. The summed E-state index contributed by atoms with van der Waals surface area (Å²) in [6.45, 7) is 3.52. The van der Waals surface area contributed by atoms with E-state index in [1.807, 2.05) is 0 Å². The molecule has 13 nitrogen and oxygen atoms in total. The third-order valence-electron chi connectivity index (χ3n) is 6.45. The van der Waals surface area contributed by atoms with Gasteiger partial charge in [-0.2, -0.15) is 0 Å². The summed E-state index contributed by atoms with van der Waals surface area (Å²) in [5.41, 5.74) is 18.3. The molecule has 2 rings (SSSR count). The first-order chi connectivity index (χ1) is 19.9. The highest BCUT2D eigenvalue weighted by Gasteiger charge is 2.31. The Hall–Kier alpha value is -4.65. The number of nitrogens with zero attached hydrogens (tertiary/aromatic N) is 1. The first kappa shape index (κ1) is 33.6. The number of hydrogen-bond acceptors (Lipinski definition) is 7. The Morgan fingerprint density at radius 1 is 0.810 bits per heavy atom. The number of carboxylic acid groups (broad SMARTS) is 1. The number of guanidine groups is 1. The predicted molar refractivity (Wildman–Crippen MR) is 158 cm³/mol. The minimum absolute atomic E-state index is 0.0754. The van der Waals surface area contributed by atoms with E-state index in [-0.39, 0.29) is 37.5 Å². The number of carbonyl (C=O) groups excluding carboxylic acids is 3. The third-order valence-corrected chi connectivity index (χ3v) is 6.45. The average molecular weight is 584 g/mol. The predicted octanol–water partition coefficient (Wildman–Crippen LogP) is -0.247. The Balaban J connectivity index is 2.24. The number of aromatic hydroxyl groups is 1. The molecular weight excluding hydrogens is 542 g/mol. The molecule has 0 saturated heterocycles. The lowest BCUT2D eigenvalue weighted by Crippen LogP contribution is -2.58. The molecule has 0 spiro atoms. The van der Waals surface area contributed by atoms with Crippen molar-refractivity contribution in [2.75, 3.05) is 6.54 Å². The first-order valence-electron chi connectivity index (χ1n) is 13.6. The van der Waals surface area contributed by atoms with Gasteiger partial charge in [-0.05, 0) is 48.4 Å². The molecule has 4 unspecified atom stereocenters. The number of benzene rings is 2. The van der Waals surface area contributed by atoms with Crippen molar-refractivity contribution < 1.29 is 29.4 Å². The highest BCUT2D eigenvalue weighted by molar-refractivity contribution is 5.94. The fourth-order valence-corrected chi connectivity index (χ4v) is 4.13. The molecule has 4 atom stereocenters. The topological polar surface area (TPSA) is 235 Å². The van der Waals surface area contributed by atoms with E-state index in [9.17, 15) is 29.4 Å². The van der Waals surface area contributed by atoms with Gasteiger partial charge in [0.25, 0.3) is 0 Å². The van der Waals surface area contributed by atoms with E-state index in [0.29, 0.717) is 12.0 Å². The van der Waals surface area contributed by atoms with Gasteiger partial charge in [0.2, 0.25) is 17.7 Å². The van der Waals surface area contributed by atoms with E-state index in [4.69, 9.17) is 17.2 Å². The number of nitrogens with two attached hydrogens (primary N) is 3. The average Bonchev–Trinajstić information content (AvgIpc) is 2.93. The summed E-state index contributed by atoms with van der Waals surface area (Å²) in [6, 6.07) is 10.7. The number of phenols is 1. The molecule has 0 fully saturated rings. The maximum absolute atomic E-state index is 13.5. The molecule has 2 aromatic rings. The smallest absolute Gasteiger partial charge is 0.326 e. The summed E-state index contributed by atoms with van der Waals surface area (Å²) in [7, 11) is 0. The summed E-state index contributed by atoms with van der Waals surface area (Å²) in [6.07, 6.45) is 0.689. The monoisotopic (exact) mass is 583 g/mol. The van der Waals surface area contributed by atoms with Crippen LogP contribution in [0, 0.1) is 5.92 Å². The second kappa shape index (κ2) is 16.6. The molecule has 228 valence electrons. The fraction of sp³-hybridized carbons (Fsp3) is 0.414. The van der Waals surface area contributed by atoms with Crippen LogP contribution in [0.25, 0.3) is 0 Å². The normalized spacial score (nSPS) is 13.7. The Morgan fingerprint density at radius 3 is 1.95 bits per heavy atom. The van der Waals surface area contributed by atoms with Crippen molar-refractivity contribution in [1.29, 1.82) is 0 Å². The Bertz CT molecular complexity index is 1220. The minimum atomic E-state index is -1.20. The van der Waals surface area contributed by atoms with Crippen molar-refractivity contribution in [2.45, 2.75) is 63.7 Å². The van der Waals surface area contributed by atoms with E-state index in [2.05, 4.69) is 20.9 Å². The highest BCUT2D eigenvalue weighted by Crippen LogP contribution is 2.12. The van der Waals surface area contributed by atoms with Crippen LogP contribution in [0.5, 0.6) is 5.75 Å². The van der Waals surface area contributed by atoms with Gasteiger partial charge in [-0.1, -0.05) is 56.3 Å². The van der Waals surface area contributed by atoms with Gasteiger partial charge in [-0.3, -0.25) is 19.4 Å². The molecule has 0 aliphatic carbocycles. The highest BCUT2D eigenvalue weighted by atomic mass is 16.4. The summed E-state index contributed by atoms with van der Waals surface area (Å²) < 4.78 is 0. The van der Waals surface area contributed by atoms with Crippen LogP contribution in [0.1, 0.15) is 37.8 Å². The molecule has 0 aliphatic rings. The Labute approximate surface area is 244 Å². The number of aliphatic imine (C=N–C) groups is 1. The minimum Gasteiger partial charge on any atom is -0.508 e. The van der Waals surface area contributed by atoms with Crippen molar-refractivity contribution in [3.8, 4) is 5.75 Å². The summed E-state index contributed by atoms with van der Waals surface area (Å²) in [5, 5.41) is 26.9. The standard InChI is InChI=1S/C29H41N7O6/c1-17(2)24(28(41)42)36-27(40)23(16-18-7-4-3-5-8-18)35-26(39)22(9-6-14-33-29(31)32)34-25(38)21(30)15-19-10-12-20(37)13-11-19/h3-5,7-8,10-13,17,21-24,37H,6,9,14-16,30H2,1-2H3,(H,34,38)(H,35,39)(H,36,40)(H,41,42)(H4,31,32,33). The van der Waals surface area contributed by atoms with Crippen molar-refractivity contribution in [2.24, 2.45) is 28.1 Å². The number of rotatable bonds is 16. The summed E-state index contributed by atoms with van der Waals surface area (Å²) in [5.74, 6) is -3.58. The van der Waals surface area contributed by atoms with Crippen LogP contribution >= 0.6 is 0 Å². The molecule has 0 aliphatic heterocycles. The van der Waals surface area contributed by atoms with Crippen molar-refractivity contribution in [1.82, 2.24) is 16.0 Å². The van der Waals surface area contributed by atoms with Crippen molar-refractivity contribution in [3.05, 3.63) is 65.7 Å². The number of carbonyl (C=O) groups is 4. The number of nitrogens with one attached hydrogen (secondary N) is 3. The van der Waals surface area contributed by atoms with Crippen LogP contribution in [0.3, 0.4) is 0 Å². The maximum Gasteiger partial charge on any atom is 0.326 e. The molecule has 2 aromatic carbocycles. The quantitative estimate of drug-likeness (QED) is 0.0738. The molecule has 0 heterocycles. The van der Waals surface area contributed by atoms with Crippen molar-refractivity contribution in [3.63, 3.8) is 0 Å². The Kier molecular flexibility index (Phi) is 13.2.